The van der Waals surface area contributed by atoms with Crippen molar-refractivity contribution >= 4 is 29.1 Å². The quantitative estimate of drug-likeness (QED) is 0.460. The van der Waals surface area contributed by atoms with Crippen molar-refractivity contribution in [1.82, 2.24) is 9.97 Å². The van der Waals surface area contributed by atoms with Crippen LogP contribution in [0.2, 0.25) is 5.02 Å². The highest BCUT2D eigenvalue weighted by atomic mass is 35.5. The van der Waals surface area contributed by atoms with Gasteiger partial charge in [-0.3, -0.25) is 5.43 Å². The lowest BCUT2D eigenvalue weighted by atomic mass is 10.3. The first-order valence-corrected chi connectivity index (χ1v) is 5.29. The molecule has 0 aliphatic heterocycles. The molecule has 0 radical (unpaired) electrons. The number of halogens is 4. The molecule has 19 heavy (non-hydrogen) atoms. The number of benzene rings is 1. The maximum Gasteiger partial charge on any atom is 0.239 e. The van der Waals surface area contributed by atoms with Crippen molar-refractivity contribution < 1.29 is 13.2 Å². The smallest absolute Gasteiger partial charge is 0.239 e. The molecule has 0 saturated carbocycles. The van der Waals surface area contributed by atoms with Crippen molar-refractivity contribution in [3.63, 3.8) is 0 Å². The van der Waals surface area contributed by atoms with Crippen LogP contribution in [0.25, 0.3) is 0 Å². The van der Waals surface area contributed by atoms with Crippen molar-refractivity contribution in [2.24, 2.45) is 5.84 Å². The molecule has 0 fully saturated rings. The zero-order valence-corrected chi connectivity index (χ0v) is 9.97. The van der Waals surface area contributed by atoms with E-state index in [0.29, 0.717) is 0 Å². The summed E-state index contributed by atoms with van der Waals surface area (Å²) >= 11 is 5.80. The molecule has 0 saturated heterocycles. The Morgan fingerprint density at radius 2 is 1.79 bits per heavy atom. The Balaban J connectivity index is 2.36. The minimum absolute atomic E-state index is 0.0509. The Kier molecular flexibility index (Phi) is 3.72. The van der Waals surface area contributed by atoms with E-state index in [4.69, 9.17) is 17.4 Å². The Bertz CT molecular complexity index is 599. The number of nitrogens with one attached hydrogen (secondary N) is 2. The van der Waals surface area contributed by atoms with E-state index >= 15 is 0 Å². The molecule has 9 heteroatoms. The van der Waals surface area contributed by atoms with E-state index in [1.807, 2.05) is 0 Å². The molecule has 100 valence electrons. The summed E-state index contributed by atoms with van der Waals surface area (Å²) in [7, 11) is 0. The van der Waals surface area contributed by atoms with Crippen molar-refractivity contribution in [1.29, 1.82) is 0 Å². The van der Waals surface area contributed by atoms with Crippen LogP contribution >= 0.6 is 11.6 Å². The number of hydrazine groups is 1. The predicted octanol–water partition coefficient (Wildman–Crippen LogP) is 2.58. The average Bonchev–Trinajstić information content (AvgIpc) is 2.38. The lowest BCUT2D eigenvalue weighted by molar-refractivity contribution is 0.448. The van der Waals surface area contributed by atoms with Crippen molar-refractivity contribution in [3.05, 3.63) is 40.8 Å². The van der Waals surface area contributed by atoms with E-state index in [1.54, 1.807) is 0 Å². The number of hydrogen-bond donors (Lipinski definition) is 3. The van der Waals surface area contributed by atoms with E-state index in [9.17, 15) is 13.2 Å². The minimum atomic E-state index is -1.55. The van der Waals surface area contributed by atoms with Gasteiger partial charge in [-0.2, -0.15) is 4.98 Å². The van der Waals surface area contributed by atoms with E-state index < -0.39 is 17.5 Å². The first-order chi connectivity index (χ1) is 9.01. The fourth-order valence-electron chi connectivity index (χ4n) is 1.29. The van der Waals surface area contributed by atoms with Gasteiger partial charge in [0.05, 0.1) is 6.20 Å². The zero-order chi connectivity index (χ0) is 14.0. The summed E-state index contributed by atoms with van der Waals surface area (Å²) in [6.45, 7) is 0. The van der Waals surface area contributed by atoms with Crippen LogP contribution in [0.3, 0.4) is 0 Å². The third-order valence-corrected chi connectivity index (χ3v) is 2.40. The van der Waals surface area contributed by atoms with Gasteiger partial charge in [-0.15, -0.1) is 0 Å². The zero-order valence-electron chi connectivity index (χ0n) is 9.22. The number of aromatic nitrogens is 2. The van der Waals surface area contributed by atoms with Gasteiger partial charge in [-0.05, 0) is 0 Å². The second-order valence-electron chi connectivity index (χ2n) is 3.41. The molecular formula is C10H7ClF3N5. The predicted molar refractivity (Wildman–Crippen MR) is 64.5 cm³/mol. The summed E-state index contributed by atoms with van der Waals surface area (Å²) in [4.78, 5) is 7.56. The molecule has 0 atom stereocenters. The number of nitrogens with two attached hydrogens (primary N) is 1. The van der Waals surface area contributed by atoms with E-state index in [-0.39, 0.29) is 22.5 Å². The van der Waals surface area contributed by atoms with Gasteiger partial charge >= 0.3 is 0 Å². The van der Waals surface area contributed by atoms with E-state index in [2.05, 4.69) is 20.7 Å². The molecule has 0 aliphatic rings. The van der Waals surface area contributed by atoms with Crippen LogP contribution in [0.5, 0.6) is 0 Å². The summed E-state index contributed by atoms with van der Waals surface area (Å²) in [6, 6.07) is 1.54. The molecule has 1 aromatic carbocycles. The van der Waals surface area contributed by atoms with Gasteiger partial charge < -0.3 is 5.32 Å². The Hall–Kier alpha value is -2.06. The van der Waals surface area contributed by atoms with Crippen molar-refractivity contribution in [2.45, 2.75) is 0 Å². The Labute approximate surface area is 110 Å². The van der Waals surface area contributed by atoms with Crippen molar-refractivity contribution in [2.75, 3.05) is 10.7 Å². The average molecular weight is 290 g/mol. The highest BCUT2D eigenvalue weighted by molar-refractivity contribution is 6.32. The van der Waals surface area contributed by atoms with Gasteiger partial charge in [-0.25, -0.2) is 24.0 Å². The molecule has 0 spiro atoms. The van der Waals surface area contributed by atoms with E-state index in [0.717, 1.165) is 12.1 Å². The fraction of sp³-hybridized carbons (Fsp3) is 0. The molecule has 0 aliphatic carbocycles. The maximum absolute atomic E-state index is 13.0. The van der Waals surface area contributed by atoms with E-state index in [1.165, 1.54) is 6.20 Å². The summed E-state index contributed by atoms with van der Waals surface area (Å²) in [5.74, 6) is 1.02. The number of nitrogens with zero attached hydrogens (tertiary/aromatic N) is 2. The molecule has 1 heterocycles. The van der Waals surface area contributed by atoms with Crippen LogP contribution in [0, 0.1) is 17.5 Å². The van der Waals surface area contributed by atoms with Crippen LogP contribution in [-0.2, 0) is 0 Å². The molecule has 0 amide bonds. The molecule has 4 N–H and O–H groups in total. The lowest BCUT2D eigenvalue weighted by Crippen LogP contribution is -2.11. The first kappa shape index (κ1) is 13.4. The molecule has 1 aromatic heterocycles. The third-order valence-electron chi connectivity index (χ3n) is 2.12. The molecule has 2 rings (SSSR count). The van der Waals surface area contributed by atoms with Gasteiger partial charge in [0.15, 0.2) is 23.3 Å². The van der Waals surface area contributed by atoms with Crippen LogP contribution in [-0.4, -0.2) is 9.97 Å². The van der Waals surface area contributed by atoms with Crippen LogP contribution in [0.4, 0.5) is 30.6 Å². The monoisotopic (exact) mass is 289 g/mol. The SMILES string of the molecule is NNc1ncc(Cl)c(Nc2cc(F)c(F)c(F)c2)n1. The second kappa shape index (κ2) is 5.29. The van der Waals surface area contributed by atoms with Gasteiger partial charge in [0.2, 0.25) is 5.95 Å². The fourth-order valence-corrected chi connectivity index (χ4v) is 1.43. The van der Waals surface area contributed by atoms with Crippen LogP contribution < -0.4 is 16.6 Å². The lowest BCUT2D eigenvalue weighted by Gasteiger charge is -2.09. The largest absolute Gasteiger partial charge is 0.339 e. The van der Waals surface area contributed by atoms with Crippen molar-refractivity contribution in [3.8, 4) is 0 Å². The number of rotatable bonds is 3. The number of hydrogen-bond acceptors (Lipinski definition) is 5. The second-order valence-corrected chi connectivity index (χ2v) is 3.82. The normalized spacial score (nSPS) is 10.4. The maximum atomic E-state index is 13.0. The molecular weight excluding hydrogens is 283 g/mol. The first-order valence-electron chi connectivity index (χ1n) is 4.92. The third kappa shape index (κ3) is 2.85. The minimum Gasteiger partial charge on any atom is -0.339 e. The molecule has 0 unspecified atom stereocenters. The Morgan fingerprint density at radius 3 is 2.37 bits per heavy atom. The van der Waals surface area contributed by atoms with Crippen LogP contribution in [0.15, 0.2) is 18.3 Å². The summed E-state index contributed by atoms with van der Waals surface area (Å²) in [6.07, 6.45) is 1.24. The van der Waals surface area contributed by atoms with Gasteiger partial charge in [0, 0.05) is 17.8 Å². The Morgan fingerprint density at radius 1 is 1.16 bits per heavy atom. The number of anilines is 3. The highest BCUT2D eigenvalue weighted by Gasteiger charge is 2.12. The molecule has 5 nitrogen and oxygen atoms in total. The topological polar surface area (TPSA) is 75.9 Å². The van der Waals surface area contributed by atoms with Gasteiger partial charge in [0.1, 0.15) is 5.02 Å². The molecule has 2 aromatic rings. The van der Waals surface area contributed by atoms with Gasteiger partial charge in [0.25, 0.3) is 0 Å². The summed E-state index contributed by atoms with van der Waals surface area (Å²) in [5, 5.41) is 2.63. The standard InChI is InChI=1S/C10H7ClF3N5/c11-5-3-16-10(19-15)18-9(5)17-4-1-6(12)8(14)7(13)2-4/h1-3H,15H2,(H2,16,17,18,19). The number of nitrogen functional groups attached to an aromatic ring is 1. The summed E-state index contributed by atoms with van der Waals surface area (Å²) in [5.41, 5.74) is 2.13. The highest BCUT2D eigenvalue weighted by Crippen LogP contribution is 2.25. The van der Waals surface area contributed by atoms with Crippen LogP contribution in [0.1, 0.15) is 0 Å². The molecule has 0 bridgehead atoms. The van der Waals surface area contributed by atoms with Gasteiger partial charge in [-0.1, -0.05) is 11.6 Å². The summed E-state index contributed by atoms with van der Waals surface area (Å²) < 4.78 is 38.9.